The molecule has 1 rings (SSSR count). The van der Waals surface area contributed by atoms with Crippen LogP contribution in [-0.4, -0.2) is 40.8 Å². The van der Waals surface area contributed by atoms with E-state index in [1.165, 1.54) is 0 Å². The SMILES string of the molecule is CN=C(N)NCCOc1cccc(NS(C)(=O)=O)c1. The van der Waals surface area contributed by atoms with Gasteiger partial charge in [0.05, 0.1) is 18.5 Å². The maximum absolute atomic E-state index is 11.1. The van der Waals surface area contributed by atoms with Crippen molar-refractivity contribution in [3.63, 3.8) is 0 Å². The van der Waals surface area contributed by atoms with Gasteiger partial charge in [0.15, 0.2) is 5.96 Å². The first kappa shape index (κ1) is 15.1. The summed E-state index contributed by atoms with van der Waals surface area (Å²) in [6.07, 6.45) is 1.09. The average molecular weight is 286 g/mol. The molecule has 19 heavy (non-hydrogen) atoms. The van der Waals surface area contributed by atoms with Crippen LogP contribution in [0.15, 0.2) is 29.3 Å². The minimum absolute atomic E-state index is 0.344. The topological polar surface area (TPSA) is 106 Å². The number of hydrogen-bond donors (Lipinski definition) is 3. The number of rotatable bonds is 6. The second kappa shape index (κ2) is 6.83. The molecule has 0 unspecified atom stereocenters. The highest BCUT2D eigenvalue weighted by Gasteiger charge is 2.02. The van der Waals surface area contributed by atoms with Gasteiger partial charge in [0, 0.05) is 13.1 Å². The Labute approximate surface area is 112 Å². The number of anilines is 1. The summed E-state index contributed by atoms with van der Waals surface area (Å²) in [5, 5.41) is 2.85. The van der Waals surface area contributed by atoms with Crippen molar-refractivity contribution < 1.29 is 13.2 Å². The summed E-state index contributed by atoms with van der Waals surface area (Å²) in [7, 11) is -1.70. The predicted molar refractivity (Wildman–Crippen MR) is 76.0 cm³/mol. The number of nitrogens with two attached hydrogens (primary N) is 1. The molecule has 0 amide bonds. The zero-order chi connectivity index (χ0) is 14.3. The van der Waals surface area contributed by atoms with E-state index in [9.17, 15) is 8.42 Å². The fraction of sp³-hybridized carbons (Fsp3) is 0.364. The van der Waals surface area contributed by atoms with E-state index in [-0.39, 0.29) is 0 Å². The molecule has 0 saturated heterocycles. The van der Waals surface area contributed by atoms with Crippen molar-refractivity contribution in [2.45, 2.75) is 0 Å². The molecule has 0 spiro atoms. The maximum atomic E-state index is 11.1. The average Bonchev–Trinajstić information content (AvgIpc) is 2.32. The molecule has 7 nitrogen and oxygen atoms in total. The molecule has 0 aliphatic carbocycles. The monoisotopic (exact) mass is 286 g/mol. The minimum Gasteiger partial charge on any atom is -0.492 e. The Morgan fingerprint density at radius 3 is 2.84 bits per heavy atom. The van der Waals surface area contributed by atoms with Gasteiger partial charge in [-0.15, -0.1) is 0 Å². The first-order valence-electron chi connectivity index (χ1n) is 5.57. The van der Waals surface area contributed by atoms with E-state index >= 15 is 0 Å². The van der Waals surface area contributed by atoms with Gasteiger partial charge < -0.3 is 15.8 Å². The molecule has 0 aromatic heterocycles. The lowest BCUT2D eigenvalue weighted by atomic mass is 10.3. The van der Waals surface area contributed by atoms with E-state index in [1.54, 1.807) is 31.3 Å². The third kappa shape index (κ3) is 6.51. The number of nitrogens with one attached hydrogen (secondary N) is 2. The van der Waals surface area contributed by atoms with Crippen LogP contribution in [0.3, 0.4) is 0 Å². The van der Waals surface area contributed by atoms with Crippen molar-refractivity contribution in [2.24, 2.45) is 10.7 Å². The highest BCUT2D eigenvalue weighted by atomic mass is 32.2. The molecule has 4 N–H and O–H groups in total. The first-order valence-corrected chi connectivity index (χ1v) is 7.46. The second-order valence-electron chi connectivity index (χ2n) is 3.79. The van der Waals surface area contributed by atoms with Gasteiger partial charge in [-0.1, -0.05) is 6.07 Å². The van der Waals surface area contributed by atoms with Crippen LogP contribution < -0.4 is 20.5 Å². The van der Waals surface area contributed by atoms with Crippen molar-refractivity contribution in [1.82, 2.24) is 5.32 Å². The number of hydrogen-bond acceptors (Lipinski definition) is 4. The third-order valence-corrected chi connectivity index (χ3v) is 2.66. The molecule has 0 atom stereocenters. The molecule has 0 aliphatic rings. The Morgan fingerprint density at radius 2 is 2.21 bits per heavy atom. The van der Waals surface area contributed by atoms with E-state index in [0.717, 1.165) is 6.26 Å². The molecular formula is C11H18N4O3S. The Morgan fingerprint density at radius 1 is 1.47 bits per heavy atom. The largest absolute Gasteiger partial charge is 0.492 e. The predicted octanol–water partition coefficient (Wildman–Crippen LogP) is -0.0290. The van der Waals surface area contributed by atoms with E-state index in [1.807, 2.05) is 0 Å². The third-order valence-electron chi connectivity index (χ3n) is 2.06. The maximum Gasteiger partial charge on any atom is 0.229 e. The van der Waals surface area contributed by atoms with Crippen LogP contribution in [0.1, 0.15) is 0 Å². The van der Waals surface area contributed by atoms with Crippen LogP contribution in [0.25, 0.3) is 0 Å². The lowest BCUT2D eigenvalue weighted by Crippen LogP contribution is -2.34. The summed E-state index contributed by atoms with van der Waals surface area (Å²) in [4.78, 5) is 3.74. The first-order chi connectivity index (χ1) is 8.90. The van der Waals surface area contributed by atoms with Crippen molar-refractivity contribution in [2.75, 3.05) is 31.2 Å². The second-order valence-corrected chi connectivity index (χ2v) is 5.53. The normalized spacial score (nSPS) is 12.0. The molecular weight excluding hydrogens is 268 g/mol. The summed E-state index contributed by atoms with van der Waals surface area (Å²) in [5.41, 5.74) is 5.91. The van der Waals surface area contributed by atoms with E-state index in [0.29, 0.717) is 30.5 Å². The summed E-state index contributed by atoms with van der Waals surface area (Å²) < 4.78 is 30.0. The van der Waals surface area contributed by atoms with E-state index in [4.69, 9.17) is 10.5 Å². The van der Waals surface area contributed by atoms with Crippen LogP contribution in [0.5, 0.6) is 5.75 Å². The van der Waals surface area contributed by atoms with Gasteiger partial charge in [0.2, 0.25) is 10.0 Å². The van der Waals surface area contributed by atoms with Crippen LogP contribution in [-0.2, 0) is 10.0 Å². The molecule has 0 fully saturated rings. The minimum atomic E-state index is -3.28. The number of sulfonamides is 1. The van der Waals surface area contributed by atoms with Gasteiger partial charge in [-0.25, -0.2) is 8.42 Å². The van der Waals surface area contributed by atoms with E-state index < -0.39 is 10.0 Å². The molecule has 0 bridgehead atoms. The fourth-order valence-electron chi connectivity index (χ4n) is 1.29. The lowest BCUT2D eigenvalue weighted by Gasteiger charge is -2.09. The standard InChI is InChI=1S/C11H18N4O3S/c1-13-11(12)14-6-7-18-10-5-3-4-9(8-10)15-19(2,16)17/h3-5,8,15H,6-7H2,1-2H3,(H3,12,13,14). The Hall–Kier alpha value is -1.96. The van der Waals surface area contributed by atoms with Crippen molar-refractivity contribution in [3.05, 3.63) is 24.3 Å². The van der Waals surface area contributed by atoms with Crippen molar-refractivity contribution in [3.8, 4) is 5.75 Å². The summed E-state index contributed by atoms with van der Waals surface area (Å²) >= 11 is 0. The van der Waals surface area contributed by atoms with Crippen LogP contribution in [0, 0.1) is 0 Å². The van der Waals surface area contributed by atoms with Gasteiger partial charge >= 0.3 is 0 Å². The van der Waals surface area contributed by atoms with Crippen LogP contribution >= 0.6 is 0 Å². The summed E-state index contributed by atoms with van der Waals surface area (Å²) in [6, 6.07) is 6.70. The van der Waals surface area contributed by atoms with Gasteiger partial charge in [-0.3, -0.25) is 9.71 Å². The Bertz CT molecular complexity index is 543. The number of ether oxygens (including phenoxy) is 1. The quantitative estimate of drug-likeness (QED) is 0.387. The van der Waals surface area contributed by atoms with Gasteiger partial charge in [0.1, 0.15) is 12.4 Å². The smallest absolute Gasteiger partial charge is 0.229 e. The molecule has 0 heterocycles. The molecule has 8 heteroatoms. The Kier molecular flexibility index (Phi) is 5.43. The molecule has 1 aromatic carbocycles. The zero-order valence-electron chi connectivity index (χ0n) is 10.9. The molecule has 106 valence electrons. The number of benzene rings is 1. The highest BCUT2D eigenvalue weighted by molar-refractivity contribution is 7.92. The van der Waals surface area contributed by atoms with Crippen molar-refractivity contribution >= 4 is 21.7 Å². The highest BCUT2D eigenvalue weighted by Crippen LogP contribution is 2.17. The summed E-state index contributed by atoms with van der Waals surface area (Å²) in [5.74, 6) is 0.915. The molecule has 1 aromatic rings. The van der Waals surface area contributed by atoms with Crippen molar-refractivity contribution in [1.29, 1.82) is 0 Å². The van der Waals surface area contributed by atoms with Gasteiger partial charge in [0.25, 0.3) is 0 Å². The van der Waals surface area contributed by atoms with Gasteiger partial charge in [-0.05, 0) is 12.1 Å². The van der Waals surface area contributed by atoms with Gasteiger partial charge in [-0.2, -0.15) is 0 Å². The van der Waals surface area contributed by atoms with Crippen LogP contribution in [0.4, 0.5) is 5.69 Å². The summed E-state index contributed by atoms with van der Waals surface area (Å²) in [6.45, 7) is 0.894. The molecule has 0 saturated carbocycles. The van der Waals surface area contributed by atoms with Crippen LogP contribution in [0.2, 0.25) is 0 Å². The number of guanidine groups is 1. The zero-order valence-corrected chi connectivity index (χ0v) is 11.7. The Balaban J connectivity index is 2.49. The lowest BCUT2D eigenvalue weighted by molar-refractivity contribution is 0.322. The van der Waals surface area contributed by atoms with E-state index in [2.05, 4.69) is 15.0 Å². The number of aliphatic imine (C=N–C) groups is 1. The molecule has 0 aliphatic heterocycles. The number of nitrogens with zero attached hydrogens (tertiary/aromatic N) is 1. The molecule has 0 radical (unpaired) electrons. The fourth-order valence-corrected chi connectivity index (χ4v) is 1.85.